The van der Waals surface area contributed by atoms with Gasteiger partial charge in [0.25, 0.3) is 0 Å². The van der Waals surface area contributed by atoms with E-state index < -0.39 is 0 Å². The Morgan fingerprint density at radius 3 is 1.45 bits per heavy atom. The molecular formula is C16H14N2S4. The summed E-state index contributed by atoms with van der Waals surface area (Å²) in [6.07, 6.45) is 4.11. The van der Waals surface area contributed by atoms with E-state index in [4.69, 9.17) is 0 Å². The Hall–Kier alpha value is -1.08. The summed E-state index contributed by atoms with van der Waals surface area (Å²) >= 11 is 6.90. The maximum absolute atomic E-state index is 4.41. The third-order valence-corrected chi connectivity index (χ3v) is 6.94. The summed E-state index contributed by atoms with van der Waals surface area (Å²) in [5.74, 6) is 0. The molecule has 0 saturated heterocycles. The molecule has 4 rings (SSSR count). The van der Waals surface area contributed by atoms with Crippen LogP contribution >= 0.6 is 46.2 Å². The predicted molar refractivity (Wildman–Crippen MR) is 103 cm³/mol. The lowest BCUT2D eigenvalue weighted by molar-refractivity contribution is 1.31. The van der Waals surface area contributed by atoms with Gasteiger partial charge >= 0.3 is 0 Å². The third-order valence-electron chi connectivity index (χ3n) is 2.90. The first kappa shape index (κ1) is 15.8. The highest BCUT2D eigenvalue weighted by Gasteiger charge is 2.00. The van der Waals surface area contributed by atoms with E-state index in [9.17, 15) is 0 Å². The highest BCUT2D eigenvalue weighted by Crippen LogP contribution is 2.28. The van der Waals surface area contributed by atoms with E-state index in [2.05, 4.69) is 34.6 Å². The molecule has 0 radical (unpaired) electrons. The number of para-hydroxylation sites is 2. The number of rotatable bonds is 2. The Balaban J connectivity index is 0.000000131. The van der Waals surface area contributed by atoms with Crippen LogP contribution in [0, 0.1) is 0 Å². The summed E-state index contributed by atoms with van der Waals surface area (Å²) in [6, 6.07) is 16.4. The average molecular weight is 363 g/mol. The lowest BCUT2D eigenvalue weighted by Gasteiger charge is -1.80. The van der Waals surface area contributed by atoms with Crippen LogP contribution in [0.4, 0.5) is 0 Å². The van der Waals surface area contributed by atoms with E-state index in [1.54, 1.807) is 46.2 Å². The molecule has 0 fully saturated rings. The molecule has 22 heavy (non-hydrogen) atoms. The summed E-state index contributed by atoms with van der Waals surface area (Å²) in [4.78, 5) is 8.83. The van der Waals surface area contributed by atoms with Gasteiger partial charge in [0.15, 0.2) is 8.68 Å². The normalized spacial score (nSPS) is 10.6. The first-order valence-electron chi connectivity index (χ1n) is 6.59. The van der Waals surface area contributed by atoms with Crippen molar-refractivity contribution in [3.63, 3.8) is 0 Å². The molecule has 0 aliphatic heterocycles. The van der Waals surface area contributed by atoms with Crippen LogP contribution in [0.25, 0.3) is 20.4 Å². The van der Waals surface area contributed by atoms with Gasteiger partial charge in [-0.05, 0) is 36.8 Å². The Morgan fingerprint density at radius 2 is 1.09 bits per heavy atom. The van der Waals surface area contributed by atoms with Crippen LogP contribution in [0.15, 0.2) is 57.2 Å². The monoisotopic (exact) mass is 362 g/mol. The van der Waals surface area contributed by atoms with Gasteiger partial charge in [-0.3, -0.25) is 0 Å². The standard InChI is InChI=1S/2C8H7NS2/c2*1-10-8-9-6-4-2-3-5-7(6)11-8/h2*2-5H,1H3. The van der Waals surface area contributed by atoms with Gasteiger partial charge in [0.1, 0.15) is 0 Å². The summed E-state index contributed by atoms with van der Waals surface area (Å²) in [5.41, 5.74) is 2.23. The number of thiazole rings is 2. The van der Waals surface area contributed by atoms with E-state index in [1.165, 1.54) is 9.40 Å². The first-order valence-corrected chi connectivity index (χ1v) is 10.7. The maximum atomic E-state index is 4.41. The fraction of sp³-hybridized carbons (Fsp3) is 0.125. The van der Waals surface area contributed by atoms with Crippen molar-refractivity contribution in [1.82, 2.24) is 9.97 Å². The highest BCUT2D eigenvalue weighted by molar-refractivity contribution is 8.00. The smallest absolute Gasteiger partial charge is 0.150 e. The molecule has 2 nitrogen and oxygen atoms in total. The Bertz CT molecular complexity index is 742. The summed E-state index contributed by atoms with van der Waals surface area (Å²) in [5, 5.41) is 0. The van der Waals surface area contributed by atoms with E-state index >= 15 is 0 Å². The van der Waals surface area contributed by atoms with E-state index in [1.807, 2.05) is 36.4 Å². The fourth-order valence-corrected chi connectivity index (χ4v) is 4.86. The van der Waals surface area contributed by atoms with Crippen LogP contribution in [-0.2, 0) is 0 Å². The van der Waals surface area contributed by atoms with Crippen LogP contribution in [0.5, 0.6) is 0 Å². The Morgan fingerprint density at radius 1 is 0.682 bits per heavy atom. The van der Waals surface area contributed by atoms with Crippen molar-refractivity contribution >= 4 is 66.6 Å². The number of benzene rings is 2. The highest BCUT2D eigenvalue weighted by atomic mass is 32.2. The van der Waals surface area contributed by atoms with E-state index in [-0.39, 0.29) is 0 Å². The minimum Gasteiger partial charge on any atom is -0.230 e. The number of aromatic nitrogens is 2. The maximum Gasteiger partial charge on any atom is 0.150 e. The molecule has 0 bridgehead atoms. The van der Waals surface area contributed by atoms with Crippen molar-refractivity contribution in [1.29, 1.82) is 0 Å². The third kappa shape index (κ3) is 3.63. The van der Waals surface area contributed by atoms with Crippen LogP contribution in [-0.4, -0.2) is 22.5 Å². The van der Waals surface area contributed by atoms with Crippen molar-refractivity contribution < 1.29 is 0 Å². The zero-order valence-corrected chi connectivity index (χ0v) is 15.4. The van der Waals surface area contributed by atoms with Gasteiger partial charge in [-0.15, -0.1) is 22.7 Å². The van der Waals surface area contributed by atoms with Gasteiger partial charge in [-0.2, -0.15) is 0 Å². The van der Waals surface area contributed by atoms with Crippen LogP contribution in [0.1, 0.15) is 0 Å². The molecule has 0 atom stereocenters. The zero-order chi connectivity index (χ0) is 15.4. The zero-order valence-electron chi connectivity index (χ0n) is 12.1. The van der Waals surface area contributed by atoms with Crippen molar-refractivity contribution in [2.45, 2.75) is 8.68 Å². The van der Waals surface area contributed by atoms with E-state index in [0.717, 1.165) is 19.7 Å². The number of nitrogens with zero attached hydrogens (tertiary/aromatic N) is 2. The quantitative estimate of drug-likeness (QED) is 0.406. The number of hydrogen-bond donors (Lipinski definition) is 0. The minimum absolute atomic E-state index is 1.11. The van der Waals surface area contributed by atoms with Gasteiger partial charge in [-0.1, -0.05) is 47.8 Å². The second-order valence-corrected chi connectivity index (χ2v) is 8.47. The van der Waals surface area contributed by atoms with E-state index in [0.29, 0.717) is 0 Å². The molecule has 0 saturated carbocycles. The summed E-state index contributed by atoms with van der Waals surface area (Å²) < 4.78 is 4.84. The molecular weight excluding hydrogens is 348 g/mol. The SMILES string of the molecule is CSc1nc2ccccc2s1.CSc1nc2ccccc2s1. The van der Waals surface area contributed by atoms with Gasteiger partial charge in [0.05, 0.1) is 20.4 Å². The Kier molecular flexibility index (Phi) is 5.36. The van der Waals surface area contributed by atoms with Crippen LogP contribution in [0.2, 0.25) is 0 Å². The molecule has 0 N–H and O–H groups in total. The van der Waals surface area contributed by atoms with Crippen LogP contribution < -0.4 is 0 Å². The first-order chi connectivity index (χ1) is 10.8. The molecule has 4 aromatic rings. The fourth-order valence-electron chi connectivity index (χ4n) is 1.88. The molecule has 2 aromatic heterocycles. The molecule has 2 aromatic carbocycles. The molecule has 112 valence electrons. The van der Waals surface area contributed by atoms with Gasteiger partial charge < -0.3 is 0 Å². The van der Waals surface area contributed by atoms with Crippen molar-refractivity contribution in [3.8, 4) is 0 Å². The lowest BCUT2D eigenvalue weighted by Crippen LogP contribution is -1.65. The van der Waals surface area contributed by atoms with Crippen molar-refractivity contribution in [2.75, 3.05) is 12.5 Å². The van der Waals surface area contributed by atoms with Crippen molar-refractivity contribution in [3.05, 3.63) is 48.5 Å². The molecule has 0 unspecified atom stereocenters. The van der Waals surface area contributed by atoms with Gasteiger partial charge in [0, 0.05) is 0 Å². The number of fused-ring (bicyclic) bond motifs is 2. The average Bonchev–Trinajstić information content (AvgIpc) is 3.18. The van der Waals surface area contributed by atoms with Crippen molar-refractivity contribution in [2.24, 2.45) is 0 Å². The largest absolute Gasteiger partial charge is 0.230 e. The van der Waals surface area contributed by atoms with Gasteiger partial charge in [0.2, 0.25) is 0 Å². The Labute approximate surface area is 146 Å². The number of hydrogen-bond acceptors (Lipinski definition) is 6. The predicted octanol–water partition coefficient (Wildman–Crippen LogP) is 6.04. The van der Waals surface area contributed by atoms with Crippen LogP contribution in [0.3, 0.4) is 0 Å². The number of thioether (sulfide) groups is 2. The molecule has 2 heterocycles. The second-order valence-electron chi connectivity index (χ2n) is 4.30. The summed E-state index contributed by atoms with van der Waals surface area (Å²) in [6.45, 7) is 0. The topological polar surface area (TPSA) is 25.8 Å². The molecule has 0 amide bonds. The molecule has 0 aliphatic rings. The van der Waals surface area contributed by atoms with Gasteiger partial charge in [-0.25, -0.2) is 9.97 Å². The summed E-state index contributed by atoms with van der Waals surface area (Å²) in [7, 11) is 0. The minimum atomic E-state index is 1.11. The molecule has 0 aliphatic carbocycles. The second kappa shape index (κ2) is 7.46. The lowest BCUT2D eigenvalue weighted by atomic mass is 10.3. The molecule has 0 spiro atoms. The molecule has 6 heteroatoms.